The molecule has 4 atom stereocenters. The Morgan fingerprint density at radius 1 is 0.939 bits per heavy atom. The van der Waals surface area contributed by atoms with Gasteiger partial charge in [0.1, 0.15) is 5.75 Å². The molecule has 4 N–H and O–H groups in total. The van der Waals surface area contributed by atoms with Crippen LogP contribution in [0.3, 0.4) is 0 Å². The third-order valence-corrected chi connectivity index (χ3v) is 10.1. The van der Waals surface area contributed by atoms with Crippen LogP contribution in [-0.4, -0.2) is 39.8 Å². The molecule has 1 aliphatic heterocycles. The van der Waals surface area contributed by atoms with E-state index in [1.807, 2.05) is 84.9 Å². The van der Waals surface area contributed by atoms with Crippen LogP contribution in [0.4, 0.5) is 17.1 Å². The molecule has 1 aliphatic carbocycles. The van der Waals surface area contributed by atoms with Gasteiger partial charge >= 0.3 is 0 Å². The number of carbonyl (C=O) groups excluding carboxylic acids is 2. The lowest BCUT2D eigenvalue weighted by atomic mass is 9.67. The van der Waals surface area contributed by atoms with Gasteiger partial charge in [-0.05, 0) is 103 Å². The van der Waals surface area contributed by atoms with Gasteiger partial charge in [-0.2, -0.15) is 0 Å². The van der Waals surface area contributed by atoms with Crippen LogP contribution in [0.2, 0.25) is 0 Å². The quantitative estimate of drug-likeness (QED) is 0.0664. The fourth-order valence-electron chi connectivity index (χ4n) is 7.36. The van der Waals surface area contributed by atoms with Crippen LogP contribution in [0.15, 0.2) is 119 Å². The molecule has 8 heteroatoms. The Labute approximate surface area is 295 Å². The maximum atomic E-state index is 14.1. The van der Waals surface area contributed by atoms with E-state index in [0.29, 0.717) is 42.5 Å². The first-order chi connectivity index (χ1) is 23.8. The molecule has 2 amide bonds. The zero-order valence-corrected chi connectivity index (χ0v) is 29.0. The number of nitrogens with zero attached hydrogens (tertiary/aromatic N) is 1. The number of rotatable bonds is 12. The van der Waals surface area contributed by atoms with Crippen molar-refractivity contribution < 1.29 is 24.9 Å². The van der Waals surface area contributed by atoms with Crippen LogP contribution in [0.25, 0.3) is 11.6 Å². The molecule has 0 aromatic heterocycles. The maximum absolute atomic E-state index is 14.1. The molecule has 1 saturated heterocycles. The molecule has 7 nitrogen and oxygen atoms in total. The Bertz CT molecular complexity index is 1860. The number of hydrogen-bond donors (Lipinski definition) is 4. The van der Waals surface area contributed by atoms with Gasteiger partial charge in [-0.15, -0.1) is 0 Å². The second-order valence-electron chi connectivity index (χ2n) is 12.8. The number of carbonyl (C=O) groups is 2. The predicted octanol–water partition coefficient (Wildman–Crippen LogP) is 8.49. The van der Waals surface area contributed by atoms with Crippen molar-refractivity contribution >= 4 is 56.5 Å². The summed E-state index contributed by atoms with van der Waals surface area (Å²) in [6.07, 6.45) is 3.68. The summed E-state index contributed by atoms with van der Waals surface area (Å²) in [4.78, 5) is 29.3. The fourth-order valence-corrected chi connectivity index (χ4v) is 7.74. The van der Waals surface area contributed by atoms with Crippen molar-refractivity contribution in [2.75, 3.05) is 16.8 Å². The third-order valence-electron chi connectivity index (χ3n) is 9.63. The van der Waals surface area contributed by atoms with Gasteiger partial charge in [-0.25, -0.2) is 0 Å². The molecule has 49 heavy (non-hydrogen) atoms. The van der Waals surface area contributed by atoms with Crippen molar-refractivity contribution in [3.8, 4) is 5.75 Å². The highest BCUT2D eigenvalue weighted by molar-refractivity contribution is 9.10. The van der Waals surface area contributed by atoms with Gasteiger partial charge in [0.05, 0.1) is 30.2 Å². The van der Waals surface area contributed by atoms with Gasteiger partial charge < -0.3 is 20.6 Å². The van der Waals surface area contributed by atoms with E-state index in [4.69, 9.17) is 0 Å². The van der Waals surface area contributed by atoms with E-state index in [-0.39, 0.29) is 24.2 Å². The van der Waals surface area contributed by atoms with Gasteiger partial charge in [0.25, 0.3) is 0 Å². The minimum Gasteiger partial charge on any atom is -0.507 e. The van der Waals surface area contributed by atoms with E-state index in [1.54, 1.807) is 24.3 Å². The lowest BCUT2D eigenvalue weighted by molar-refractivity contribution is -0.123. The molecule has 1 heterocycles. The number of aliphatic hydroxyl groups is 2. The number of aliphatic hydroxyl groups excluding tert-OH is 2. The van der Waals surface area contributed by atoms with E-state index in [0.717, 1.165) is 39.0 Å². The molecule has 4 aromatic rings. The number of para-hydroxylation sites is 1. The normalized spacial score (nSPS) is 20.0. The molecule has 4 aromatic carbocycles. The summed E-state index contributed by atoms with van der Waals surface area (Å²) in [5.74, 6) is -2.47. The van der Waals surface area contributed by atoms with Crippen molar-refractivity contribution in [1.82, 2.24) is 0 Å². The second-order valence-corrected chi connectivity index (χ2v) is 13.7. The van der Waals surface area contributed by atoms with Crippen molar-refractivity contribution in [3.05, 3.63) is 130 Å². The Balaban J connectivity index is 1.25. The summed E-state index contributed by atoms with van der Waals surface area (Å²) in [6.45, 7) is 1.71. The summed E-state index contributed by atoms with van der Waals surface area (Å²) in [6, 6.07) is 32.1. The molecule has 2 aliphatic rings. The van der Waals surface area contributed by atoms with Crippen LogP contribution < -0.4 is 10.2 Å². The lowest BCUT2D eigenvalue weighted by Crippen LogP contribution is -2.39. The van der Waals surface area contributed by atoms with Gasteiger partial charge in [-0.3, -0.25) is 14.5 Å². The largest absolute Gasteiger partial charge is 0.507 e. The highest BCUT2D eigenvalue weighted by Crippen LogP contribution is 2.48. The minimum atomic E-state index is -0.928. The zero-order valence-electron chi connectivity index (χ0n) is 27.4. The van der Waals surface area contributed by atoms with E-state index in [2.05, 4.69) is 28.2 Å². The summed E-state index contributed by atoms with van der Waals surface area (Å²) >= 11 is 3.49. The molecule has 0 spiro atoms. The van der Waals surface area contributed by atoms with Crippen molar-refractivity contribution in [2.24, 2.45) is 17.8 Å². The van der Waals surface area contributed by atoms with Crippen molar-refractivity contribution in [1.29, 1.82) is 0 Å². The first kappa shape index (κ1) is 34.4. The number of imide groups is 1. The SMILES string of the molecule is CCCC1=C([C@H](O)CC/C(=C/c2cc(Br)ccc2O)c2ccccc2)[C@H](CO)[C@@H]2C(=O)N(c3ccc(Nc4ccccc4)cc3)C(=O)[C@@H]2C1. The molecule has 0 radical (unpaired) electrons. The smallest absolute Gasteiger partial charge is 0.238 e. The topological polar surface area (TPSA) is 110 Å². The predicted molar refractivity (Wildman–Crippen MR) is 198 cm³/mol. The molecule has 0 unspecified atom stereocenters. The van der Waals surface area contributed by atoms with E-state index in [9.17, 15) is 24.9 Å². The number of amides is 2. The molecule has 1 fully saturated rings. The summed E-state index contributed by atoms with van der Waals surface area (Å²) in [5.41, 5.74) is 6.45. The molecule has 252 valence electrons. The van der Waals surface area contributed by atoms with Gasteiger partial charge in [0.2, 0.25) is 11.8 Å². The summed E-state index contributed by atoms with van der Waals surface area (Å²) in [7, 11) is 0. The number of nitrogens with one attached hydrogen (secondary N) is 1. The van der Waals surface area contributed by atoms with Crippen molar-refractivity contribution in [2.45, 2.75) is 45.1 Å². The average Bonchev–Trinajstić information content (AvgIpc) is 3.37. The standard InChI is InChI=1S/C41H41BrN2O5/c1-2-9-28-24-34-39(41(49)44(40(34)48)33-18-16-32(17-19-33)43-31-12-7-4-8-13-31)35(25-45)38(28)37(47)20-14-27(26-10-5-3-6-11-26)22-29-23-30(42)15-21-36(29)46/h3-8,10-13,15-19,21-23,34-35,37,39,43,45-47H,2,9,14,20,24-25H2,1H3/b27-22-/t34-,35+,37-,39-/m1/s1. The first-order valence-electron chi connectivity index (χ1n) is 16.8. The van der Waals surface area contributed by atoms with Gasteiger partial charge in [0, 0.05) is 27.3 Å². The zero-order chi connectivity index (χ0) is 34.5. The van der Waals surface area contributed by atoms with E-state index >= 15 is 0 Å². The highest BCUT2D eigenvalue weighted by Gasteiger charge is 2.55. The molecule has 0 bridgehead atoms. The highest BCUT2D eigenvalue weighted by atomic mass is 79.9. The Hall–Kier alpha value is -4.50. The molecular weight excluding hydrogens is 680 g/mol. The second kappa shape index (κ2) is 15.4. The van der Waals surface area contributed by atoms with Crippen molar-refractivity contribution in [3.63, 3.8) is 0 Å². The third kappa shape index (κ3) is 7.42. The van der Waals surface area contributed by atoms with Crippen LogP contribution in [0.1, 0.15) is 50.2 Å². The van der Waals surface area contributed by atoms with Gasteiger partial charge in [0.15, 0.2) is 0 Å². The first-order valence-corrected chi connectivity index (χ1v) is 17.6. The number of aromatic hydroxyl groups is 1. The number of phenols is 1. The fraction of sp³-hybridized carbons (Fsp3) is 0.268. The number of allylic oxidation sites excluding steroid dienone is 2. The number of anilines is 3. The Kier molecular flexibility index (Phi) is 10.8. The molecule has 6 rings (SSSR count). The van der Waals surface area contributed by atoms with E-state index in [1.165, 1.54) is 4.90 Å². The summed E-state index contributed by atoms with van der Waals surface area (Å²) in [5, 5.41) is 36.6. The van der Waals surface area contributed by atoms with Crippen LogP contribution >= 0.6 is 15.9 Å². The number of phenolic OH excluding ortho intramolecular Hbond substituents is 1. The van der Waals surface area contributed by atoms with Crippen LogP contribution in [-0.2, 0) is 9.59 Å². The Morgan fingerprint density at radius 3 is 2.29 bits per heavy atom. The minimum absolute atomic E-state index is 0.153. The van der Waals surface area contributed by atoms with Gasteiger partial charge in [-0.1, -0.05) is 83.4 Å². The summed E-state index contributed by atoms with van der Waals surface area (Å²) < 4.78 is 0.838. The number of benzene rings is 4. The number of halogens is 1. The Morgan fingerprint density at radius 2 is 1.61 bits per heavy atom. The molecule has 0 saturated carbocycles. The molecular formula is C41H41BrN2O5. The average molecular weight is 722 g/mol. The lowest BCUT2D eigenvalue weighted by Gasteiger charge is -2.36. The monoisotopic (exact) mass is 720 g/mol. The number of fused-ring (bicyclic) bond motifs is 1. The maximum Gasteiger partial charge on any atom is 0.238 e. The van der Waals surface area contributed by atoms with Crippen LogP contribution in [0.5, 0.6) is 5.75 Å². The number of hydrogen-bond acceptors (Lipinski definition) is 6. The van der Waals surface area contributed by atoms with Crippen LogP contribution in [0, 0.1) is 17.8 Å². The van der Waals surface area contributed by atoms with E-state index < -0.39 is 23.9 Å².